The highest BCUT2D eigenvalue weighted by atomic mass is 16.6. The number of allylic oxidation sites excluding steroid dienone is 3. The van der Waals surface area contributed by atoms with Crippen LogP contribution in [0.15, 0.2) is 41.5 Å². The van der Waals surface area contributed by atoms with Crippen molar-refractivity contribution in [2.75, 3.05) is 6.54 Å². The van der Waals surface area contributed by atoms with E-state index >= 15 is 0 Å². The summed E-state index contributed by atoms with van der Waals surface area (Å²) in [5.74, 6) is -0.140. The summed E-state index contributed by atoms with van der Waals surface area (Å²) in [6.07, 6.45) is 6.90. The van der Waals surface area contributed by atoms with Crippen LogP contribution in [0.5, 0.6) is 0 Å². The van der Waals surface area contributed by atoms with Gasteiger partial charge in [0.25, 0.3) is 0 Å². The lowest BCUT2D eigenvalue weighted by molar-refractivity contribution is 0.0492. The van der Waals surface area contributed by atoms with Crippen LogP contribution in [-0.4, -0.2) is 23.3 Å². The molecule has 4 heteroatoms. The number of benzene rings is 1. The van der Waals surface area contributed by atoms with E-state index in [0.717, 1.165) is 11.1 Å². The Labute approximate surface area is 182 Å². The first-order valence-corrected chi connectivity index (χ1v) is 11.0. The summed E-state index contributed by atoms with van der Waals surface area (Å²) in [6.45, 7) is 14.6. The molecule has 0 radical (unpaired) electrons. The summed E-state index contributed by atoms with van der Waals surface area (Å²) < 4.78 is 5.26. The molecule has 4 nitrogen and oxygen atoms in total. The predicted octanol–water partition coefficient (Wildman–Crippen LogP) is 6.42. The highest BCUT2D eigenvalue weighted by Gasteiger charge is 2.26. The van der Waals surface area contributed by atoms with E-state index in [4.69, 9.17) is 4.74 Å². The Morgan fingerprint density at radius 1 is 1.30 bits per heavy atom. The average Bonchev–Trinajstić information content (AvgIpc) is 2.63. The van der Waals surface area contributed by atoms with Crippen molar-refractivity contribution in [1.29, 1.82) is 0 Å². The van der Waals surface area contributed by atoms with Gasteiger partial charge in [-0.3, -0.25) is 0 Å². The quantitative estimate of drug-likeness (QED) is 0.566. The molecule has 1 aliphatic rings. The lowest BCUT2D eigenvalue weighted by Crippen LogP contribution is -2.36. The molecule has 0 aromatic heterocycles. The molecule has 0 saturated carbocycles. The van der Waals surface area contributed by atoms with Gasteiger partial charge < -0.3 is 15.2 Å². The van der Waals surface area contributed by atoms with Gasteiger partial charge in [-0.15, -0.1) is 0 Å². The molecule has 2 unspecified atom stereocenters. The molecule has 1 aromatic carbocycles. The number of carbonyl (C=O) groups is 1. The second-order valence-corrected chi connectivity index (χ2v) is 10.2. The molecule has 2 N–H and O–H groups in total. The fourth-order valence-corrected chi connectivity index (χ4v) is 4.04. The van der Waals surface area contributed by atoms with E-state index in [2.05, 4.69) is 44.3 Å². The summed E-state index contributed by atoms with van der Waals surface area (Å²) in [7, 11) is 0. The zero-order chi connectivity index (χ0) is 22.5. The highest BCUT2D eigenvalue weighted by molar-refractivity contribution is 5.67. The van der Waals surface area contributed by atoms with E-state index in [0.29, 0.717) is 6.54 Å². The van der Waals surface area contributed by atoms with Gasteiger partial charge >= 0.3 is 6.09 Å². The second kappa shape index (κ2) is 9.82. The number of alkyl carbamates (subject to hydrolysis) is 1. The number of hydrogen-bond acceptors (Lipinski definition) is 3. The molecule has 0 bridgehead atoms. The van der Waals surface area contributed by atoms with Gasteiger partial charge in [0.15, 0.2) is 0 Å². The van der Waals surface area contributed by atoms with Crippen LogP contribution >= 0.6 is 0 Å². The van der Waals surface area contributed by atoms with E-state index in [-0.39, 0.29) is 11.3 Å². The molecule has 30 heavy (non-hydrogen) atoms. The second-order valence-electron chi connectivity index (χ2n) is 10.2. The number of carbonyl (C=O) groups excluding carboxylic acids is 1. The zero-order valence-electron chi connectivity index (χ0n) is 19.7. The van der Waals surface area contributed by atoms with Crippen LogP contribution in [0, 0.1) is 11.3 Å². The van der Waals surface area contributed by atoms with Gasteiger partial charge in [-0.25, -0.2) is 4.79 Å². The largest absolute Gasteiger partial charge is 0.444 e. The van der Waals surface area contributed by atoms with Crippen LogP contribution < -0.4 is 5.32 Å². The first kappa shape index (κ1) is 24.2. The van der Waals surface area contributed by atoms with Gasteiger partial charge in [0, 0.05) is 12.5 Å². The number of nitrogens with one attached hydrogen (secondary N) is 1. The highest BCUT2D eigenvalue weighted by Crippen LogP contribution is 2.41. The molecule has 0 spiro atoms. The Morgan fingerprint density at radius 3 is 2.63 bits per heavy atom. The zero-order valence-corrected chi connectivity index (χ0v) is 19.7. The first-order chi connectivity index (χ1) is 13.9. The number of aliphatic hydroxyl groups is 1. The van der Waals surface area contributed by atoms with Crippen LogP contribution in [-0.2, 0) is 4.74 Å². The number of aliphatic hydroxyl groups excluding tert-OH is 1. The summed E-state index contributed by atoms with van der Waals surface area (Å²) in [5.41, 5.74) is 4.49. The molecule has 1 aliphatic carbocycles. The van der Waals surface area contributed by atoms with Crippen molar-refractivity contribution >= 4 is 12.2 Å². The topological polar surface area (TPSA) is 58.6 Å². The van der Waals surface area contributed by atoms with Gasteiger partial charge in [-0.1, -0.05) is 56.7 Å². The molecule has 0 fully saturated rings. The van der Waals surface area contributed by atoms with Gasteiger partial charge in [0.2, 0.25) is 0 Å². The van der Waals surface area contributed by atoms with Crippen LogP contribution in [0.1, 0.15) is 85.0 Å². The molecular formula is C26H39NO3. The molecule has 0 heterocycles. The third kappa shape index (κ3) is 7.02. The molecule has 1 aromatic rings. The van der Waals surface area contributed by atoms with E-state index in [1.165, 1.54) is 30.4 Å². The van der Waals surface area contributed by atoms with Crippen molar-refractivity contribution in [2.24, 2.45) is 11.3 Å². The van der Waals surface area contributed by atoms with Crippen LogP contribution in [0.2, 0.25) is 0 Å². The van der Waals surface area contributed by atoms with Crippen molar-refractivity contribution < 1.29 is 14.6 Å². The third-order valence-corrected chi connectivity index (χ3v) is 5.74. The minimum absolute atomic E-state index is 0.140. The van der Waals surface area contributed by atoms with E-state index in [9.17, 15) is 9.90 Å². The van der Waals surface area contributed by atoms with Crippen molar-refractivity contribution in [2.45, 2.75) is 79.4 Å². The monoisotopic (exact) mass is 413 g/mol. The SMILES string of the molecule is CC1=C(/C=C/c2cccc(C(O)C(C)CNC(=O)OC(C)(C)C)c2)C(C)(C)CCC1. The van der Waals surface area contributed by atoms with Crippen molar-refractivity contribution in [3.05, 3.63) is 52.6 Å². The smallest absolute Gasteiger partial charge is 0.407 e. The van der Waals surface area contributed by atoms with Crippen LogP contribution in [0.3, 0.4) is 0 Å². The lowest BCUT2D eigenvalue weighted by atomic mass is 9.72. The number of ether oxygens (including phenoxy) is 1. The van der Waals surface area contributed by atoms with Gasteiger partial charge in [-0.2, -0.15) is 0 Å². The van der Waals surface area contributed by atoms with Crippen molar-refractivity contribution in [3.63, 3.8) is 0 Å². The van der Waals surface area contributed by atoms with E-state index in [1.54, 1.807) is 0 Å². The number of amides is 1. The van der Waals surface area contributed by atoms with Crippen molar-refractivity contribution in [1.82, 2.24) is 5.32 Å². The summed E-state index contributed by atoms with van der Waals surface area (Å²) in [6, 6.07) is 7.99. The van der Waals surface area contributed by atoms with Gasteiger partial charge in [0.1, 0.15) is 5.60 Å². The third-order valence-electron chi connectivity index (χ3n) is 5.74. The van der Waals surface area contributed by atoms with Crippen LogP contribution in [0.4, 0.5) is 4.79 Å². The summed E-state index contributed by atoms with van der Waals surface area (Å²) in [4.78, 5) is 11.9. The average molecular weight is 414 g/mol. The molecule has 0 aliphatic heterocycles. The first-order valence-electron chi connectivity index (χ1n) is 11.0. The van der Waals surface area contributed by atoms with Gasteiger partial charge in [0.05, 0.1) is 6.10 Å². The summed E-state index contributed by atoms with van der Waals surface area (Å²) >= 11 is 0. The van der Waals surface area contributed by atoms with E-state index < -0.39 is 17.8 Å². The molecule has 2 rings (SSSR count). The Bertz CT molecular complexity index is 799. The minimum atomic E-state index is -0.666. The molecule has 1 amide bonds. The van der Waals surface area contributed by atoms with Gasteiger partial charge in [-0.05, 0) is 75.1 Å². The molecule has 166 valence electrons. The fourth-order valence-electron chi connectivity index (χ4n) is 4.04. The Kier molecular flexibility index (Phi) is 7.93. The number of rotatable bonds is 6. The normalized spacial score (nSPS) is 18.9. The van der Waals surface area contributed by atoms with Crippen LogP contribution in [0.25, 0.3) is 6.08 Å². The van der Waals surface area contributed by atoms with Crippen molar-refractivity contribution in [3.8, 4) is 0 Å². The maximum absolute atomic E-state index is 11.9. The molecule has 0 saturated heterocycles. The Morgan fingerprint density at radius 2 is 2.00 bits per heavy atom. The summed E-state index contributed by atoms with van der Waals surface area (Å²) in [5, 5.41) is 13.5. The molecule has 2 atom stereocenters. The standard InChI is InChI=1S/C26H39NO3/c1-18-10-9-15-26(6,7)22(18)14-13-20-11-8-12-21(16-20)23(28)19(2)17-27-24(29)30-25(3,4)5/h8,11-14,16,19,23,28H,9-10,15,17H2,1-7H3,(H,27,29)/b14-13+. The maximum atomic E-state index is 11.9. The Hall–Kier alpha value is -2.07. The predicted molar refractivity (Wildman–Crippen MR) is 124 cm³/mol. The lowest BCUT2D eigenvalue weighted by Gasteiger charge is -2.32. The maximum Gasteiger partial charge on any atom is 0.407 e. The fraction of sp³-hybridized carbons (Fsp3) is 0.577. The molecular weight excluding hydrogens is 374 g/mol. The van der Waals surface area contributed by atoms with E-state index in [1.807, 2.05) is 45.9 Å². The minimum Gasteiger partial charge on any atom is -0.444 e. The Balaban J connectivity index is 2.04. The number of hydrogen-bond donors (Lipinski definition) is 2.